The van der Waals surface area contributed by atoms with Crippen LogP contribution in [0.2, 0.25) is 0 Å². The van der Waals surface area contributed by atoms with Crippen molar-refractivity contribution in [2.45, 2.75) is 51.0 Å². The molecule has 2 nitrogen and oxygen atoms in total. The average molecular weight is 243 g/mol. The second kappa shape index (κ2) is 4.77. The van der Waals surface area contributed by atoms with E-state index in [1.807, 2.05) is 0 Å². The summed E-state index contributed by atoms with van der Waals surface area (Å²) < 4.78 is 6.09. The number of benzene rings is 1. The van der Waals surface area contributed by atoms with Crippen LogP contribution in [0.4, 0.5) is 0 Å². The molecule has 1 aromatic heterocycles. The van der Waals surface area contributed by atoms with Crippen LogP contribution in [0.3, 0.4) is 0 Å². The number of hydrogen-bond donors (Lipinski definition) is 1. The number of hydrogen-bond acceptors (Lipinski definition) is 2. The molecule has 2 heteroatoms. The van der Waals surface area contributed by atoms with Crippen LogP contribution in [-0.4, -0.2) is 6.04 Å². The Balaban J connectivity index is 1.95. The first-order valence-electron chi connectivity index (χ1n) is 6.98. The second-order valence-electron chi connectivity index (χ2n) is 5.62. The molecule has 1 aliphatic carbocycles. The number of rotatable bonds is 1. The highest BCUT2D eigenvalue weighted by atomic mass is 16.3. The Morgan fingerprint density at radius 2 is 2.06 bits per heavy atom. The molecule has 2 atom stereocenters. The molecule has 0 bridgehead atoms. The number of aryl methyl sites for hydroxylation is 1. The molecule has 0 aliphatic heterocycles. The second-order valence-corrected chi connectivity index (χ2v) is 5.62. The fourth-order valence-electron chi connectivity index (χ4n) is 3.09. The third-order valence-corrected chi connectivity index (χ3v) is 4.13. The van der Waals surface area contributed by atoms with E-state index in [-0.39, 0.29) is 0 Å². The van der Waals surface area contributed by atoms with E-state index in [1.54, 1.807) is 0 Å². The molecule has 0 amide bonds. The van der Waals surface area contributed by atoms with Crippen LogP contribution in [-0.2, 0) is 0 Å². The minimum absolute atomic E-state index is 0.340. The third kappa shape index (κ3) is 2.17. The van der Waals surface area contributed by atoms with Crippen LogP contribution in [0, 0.1) is 6.92 Å². The first-order valence-corrected chi connectivity index (χ1v) is 6.98. The van der Waals surface area contributed by atoms with E-state index in [4.69, 9.17) is 10.2 Å². The van der Waals surface area contributed by atoms with Crippen molar-refractivity contribution >= 4 is 11.0 Å². The van der Waals surface area contributed by atoms with Crippen LogP contribution < -0.4 is 5.73 Å². The van der Waals surface area contributed by atoms with E-state index < -0.39 is 0 Å². The van der Waals surface area contributed by atoms with E-state index in [1.165, 1.54) is 30.2 Å². The van der Waals surface area contributed by atoms with Gasteiger partial charge in [0, 0.05) is 17.3 Å². The van der Waals surface area contributed by atoms with Crippen molar-refractivity contribution in [3.05, 3.63) is 35.6 Å². The molecule has 18 heavy (non-hydrogen) atoms. The summed E-state index contributed by atoms with van der Waals surface area (Å²) in [6.07, 6.45) is 5.98. The molecule has 1 saturated carbocycles. The normalized spacial score (nSPS) is 25.2. The van der Waals surface area contributed by atoms with Crippen LogP contribution in [0.1, 0.15) is 49.3 Å². The summed E-state index contributed by atoms with van der Waals surface area (Å²) in [6, 6.07) is 8.88. The smallest absolute Gasteiger partial charge is 0.137 e. The molecule has 2 aromatic rings. The molecule has 1 heterocycles. The zero-order valence-electron chi connectivity index (χ0n) is 11.0. The van der Waals surface area contributed by atoms with Gasteiger partial charge >= 0.3 is 0 Å². The molecule has 3 rings (SSSR count). The van der Waals surface area contributed by atoms with Gasteiger partial charge in [-0.2, -0.15) is 0 Å². The topological polar surface area (TPSA) is 39.2 Å². The quantitative estimate of drug-likeness (QED) is 0.765. The summed E-state index contributed by atoms with van der Waals surface area (Å²) in [5.41, 5.74) is 8.41. The average Bonchev–Trinajstić information content (AvgIpc) is 2.67. The van der Waals surface area contributed by atoms with Crippen molar-refractivity contribution in [1.82, 2.24) is 0 Å². The Morgan fingerprint density at radius 1 is 1.22 bits per heavy atom. The fraction of sp³-hybridized carbons (Fsp3) is 0.500. The molecule has 1 aliphatic rings. The lowest BCUT2D eigenvalue weighted by atomic mass is 9.95. The monoisotopic (exact) mass is 243 g/mol. The Morgan fingerprint density at radius 3 is 2.89 bits per heavy atom. The molecule has 0 radical (unpaired) electrons. The first kappa shape index (κ1) is 11.8. The highest BCUT2D eigenvalue weighted by Crippen LogP contribution is 2.35. The molecule has 1 aromatic carbocycles. The molecular formula is C16H21NO. The molecule has 0 spiro atoms. The highest BCUT2D eigenvalue weighted by Gasteiger charge is 2.22. The van der Waals surface area contributed by atoms with E-state index >= 15 is 0 Å². The van der Waals surface area contributed by atoms with Gasteiger partial charge in [-0.15, -0.1) is 0 Å². The van der Waals surface area contributed by atoms with Crippen LogP contribution in [0.5, 0.6) is 0 Å². The van der Waals surface area contributed by atoms with Gasteiger partial charge in [0.1, 0.15) is 11.3 Å². The molecule has 1 fully saturated rings. The number of para-hydroxylation sites is 1. The molecular weight excluding hydrogens is 222 g/mol. The zero-order valence-corrected chi connectivity index (χ0v) is 11.0. The summed E-state index contributed by atoms with van der Waals surface area (Å²) in [5, 5.41) is 1.22. The number of nitrogens with two attached hydrogens (primary N) is 1. The van der Waals surface area contributed by atoms with Crippen molar-refractivity contribution in [2.24, 2.45) is 5.73 Å². The largest absolute Gasteiger partial charge is 0.461 e. The van der Waals surface area contributed by atoms with Gasteiger partial charge in [0.25, 0.3) is 0 Å². The van der Waals surface area contributed by atoms with Gasteiger partial charge in [0.05, 0.1) is 0 Å². The predicted octanol–water partition coefficient (Wildman–Crippen LogP) is 4.12. The predicted molar refractivity (Wildman–Crippen MR) is 74.8 cm³/mol. The number of fused-ring (bicyclic) bond motifs is 1. The Bertz CT molecular complexity index is 543. The highest BCUT2D eigenvalue weighted by molar-refractivity contribution is 5.81. The Labute approximate surface area is 108 Å². The van der Waals surface area contributed by atoms with E-state index in [0.29, 0.717) is 12.0 Å². The summed E-state index contributed by atoms with van der Waals surface area (Å²) in [5.74, 6) is 1.64. The van der Waals surface area contributed by atoms with Gasteiger partial charge < -0.3 is 10.2 Å². The summed E-state index contributed by atoms with van der Waals surface area (Å²) in [7, 11) is 0. The van der Waals surface area contributed by atoms with Gasteiger partial charge in [0.2, 0.25) is 0 Å². The molecule has 96 valence electrons. The minimum atomic E-state index is 0.340. The maximum Gasteiger partial charge on any atom is 0.137 e. The van der Waals surface area contributed by atoms with Crippen molar-refractivity contribution in [1.29, 1.82) is 0 Å². The van der Waals surface area contributed by atoms with Crippen molar-refractivity contribution in [3.63, 3.8) is 0 Å². The summed E-state index contributed by atoms with van der Waals surface area (Å²) >= 11 is 0. The van der Waals surface area contributed by atoms with E-state index in [2.05, 4.69) is 31.2 Å². The lowest BCUT2D eigenvalue weighted by Gasteiger charge is -2.14. The molecule has 0 saturated heterocycles. The van der Waals surface area contributed by atoms with Gasteiger partial charge in [-0.3, -0.25) is 0 Å². The Kier molecular flexibility index (Phi) is 3.13. The first-order chi connectivity index (χ1) is 8.74. The Hall–Kier alpha value is -1.28. The van der Waals surface area contributed by atoms with Gasteiger partial charge in [0.15, 0.2) is 0 Å². The van der Waals surface area contributed by atoms with Crippen molar-refractivity contribution < 1.29 is 4.42 Å². The van der Waals surface area contributed by atoms with Crippen LogP contribution in [0.15, 0.2) is 28.7 Å². The summed E-state index contributed by atoms with van der Waals surface area (Å²) in [6.45, 7) is 2.11. The lowest BCUT2D eigenvalue weighted by Crippen LogP contribution is -2.20. The molecule has 2 unspecified atom stereocenters. The van der Waals surface area contributed by atoms with Crippen molar-refractivity contribution in [2.75, 3.05) is 0 Å². The maximum absolute atomic E-state index is 6.14. The molecule has 2 N–H and O–H groups in total. The minimum Gasteiger partial charge on any atom is -0.461 e. The maximum atomic E-state index is 6.14. The van der Waals surface area contributed by atoms with E-state index in [0.717, 1.165) is 24.2 Å². The van der Waals surface area contributed by atoms with Gasteiger partial charge in [-0.05, 0) is 37.8 Å². The standard InChI is InChI=1S/C16H21NO/c1-11-5-4-7-13-10-15(18-16(11)13)12-6-2-3-8-14(17)9-12/h4-5,7,10,12,14H,2-3,6,8-9,17H2,1H3. The van der Waals surface area contributed by atoms with Gasteiger partial charge in [-0.1, -0.05) is 31.0 Å². The van der Waals surface area contributed by atoms with Crippen molar-refractivity contribution in [3.8, 4) is 0 Å². The zero-order chi connectivity index (χ0) is 12.5. The van der Waals surface area contributed by atoms with E-state index in [9.17, 15) is 0 Å². The fourth-order valence-corrected chi connectivity index (χ4v) is 3.09. The van der Waals surface area contributed by atoms with Crippen LogP contribution >= 0.6 is 0 Å². The number of furan rings is 1. The summed E-state index contributed by atoms with van der Waals surface area (Å²) in [4.78, 5) is 0. The third-order valence-electron chi connectivity index (χ3n) is 4.13. The van der Waals surface area contributed by atoms with Gasteiger partial charge in [-0.25, -0.2) is 0 Å². The van der Waals surface area contributed by atoms with Crippen LogP contribution in [0.25, 0.3) is 11.0 Å². The SMILES string of the molecule is Cc1cccc2cc(C3CCCCC(N)C3)oc12. The lowest BCUT2D eigenvalue weighted by molar-refractivity contribution is 0.439.